The Morgan fingerprint density at radius 2 is 0.368 bits per heavy atom. The number of rotatable bonds is 30. The fourth-order valence-corrected chi connectivity index (χ4v) is 22.7. The monoisotopic (exact) mass is 750 g/mol. The van der Waals surface area contributed by atoms with Crippen LogP contribution in [0.1, 0.15) is 196 Å². The molecule has 0 aromatic rings. The van der Waals surface area contributed by atoms with E-state index in [1.807, 2.05) is 0 Å². The molecule has 0 fully saturated rings. The Morgan fingerprint density at radius 1 is 0.211 bits per heavy atom. The molecule has 0 rings (SSSR count). The Hall–Kier alpha value is 1.60. The van der Waals surface area contributed by atoms with E-state index >= 15 is 0 Å². The molecule has 0 N–H and O–H groups in total. The average Bonchev–Trinajstić information content (AvgIpc) is 2.93. The first-order valence-corrected chi connectivity index (χ1v) is 30.5. The molecule has 0 saturated carbocycles. The van der Waals surface area contributed by atoms with E-state index in [1.54, 1.807) is 65.1 Å². The second-order valence-corrected chi connectivity index (χ2v) is 29.5. The van der Waals surface area contributed by atoms with Gasteiger partial charge in [-0.3, -0.25) is 0 Å². The quantitative estimate of drug-likeness (QED) is 0.0507. The third kappa shape index (κ3) is 35.6. The van der Waals surface area contributed by atoms with E-state index in [1.165, 1.54) is 116 Å². The van der Waals surface area contributed by atoms with E-state index in [9.17, 15) is 0 Å². The van der Waals surface area contributed by atoms with Gasteiger partial charge in [-0.2, -0.15) is 0 Å². The Bertz CT molecular complexity index is 290. The van der Waals surface area contributed by atoms with Gasteiger partial charge in [0.1, 0.15) is 0 Å². The maximum absolute atomic E-state index is 2.33. The van der Waals surface area contributed by atoms with Crippen molar-refractivity contribution in [3.63, 3.8) is 0 Å². The van der Waals surface area contributed by atoms with Crippen LogP contribution in [0.4, 0.5) is 0 Å². The van der Waals surface area contributed by atoms with Gasteiger partial charge in [-0.25, -0.2) is 0 Å². The van der Waals surface area contributed by atoms with Crippen molar-refractivity contribution in [2.75, 3.05) is 0 Å². The summed E-state index contributed by atoms with van der Waals surface area (Å²) >= 11 is -1.90. The van der Waals surface area contributed by atoms with Gasteiger partial charge in [0, 0.05) is 0 Å². The SMILES string of the molecule is CCCCC[CH2][Sn]([CH2]CCCCC)[CH2]CCCCC.CCCCC[CH2][Sn]([CH2]CCCCC)[CH2]CCCCC. The Balaban J connectivity index is 0. The van der Waals surface area contributed by atoms with Crippen LogP contribution in [0.5, 0.6) is 0 Å². The van der Waals surface area contributed by atoms with E-state index in [2.05, 4.69) is 41.5 Å². The van der Waals surface area contributed by atoms with Gasteiger partial charge >= 0.3 is 262 Å². The van der Waals surface area contributed by atoms with Crippen molar-refractivity contribution in [3.8, 4) is 0 Å². The molecule has 0 unspecified atom stereocenters. The topological polar surface area (TPSA) is 0 Å². The summed E-state index contributed by atoms with van der Waals surface area (Å²) < 4.78 is 10.3. The minimum absolute atomic E-state index is 0.948. The first-order chi connectivity index (χ1) is 18.7. The fraction of sp³-hybridized carbons (Fsp3) is 1.00. The van der Waals surface area contributed by atoms with E-state index < -0.39 is 39.5 Å². The molecule has 0 saturated heterocycles. The van der Waals surface area contributed by atoms with Gasteiger partial charge in [-0.05, 0) is 0 Å². The Kier molecular flexibility index (Phi) is 42.4. The zero-order valence-corrected chi connectivity index (χ0v) is 33.9. The predicted octanol–water partition coefficient (Wildman–Crippen LogP) is 14.4. The van der Waals surface area contributed by atoms with Crippen LogP contribution in [-0.2, 0) is 0 Å². The number of hydrogen-bond donors (Lipinski definition) is 0. The molecular formula is C36H78Sn2. The summed E-state index contributed by atoms with van der Waals surface area (Å²) in [7, 11) is 0. The average molecular weight is 748 g/mol. The van der Waals surface area contributed by atoms with Crippen LogP contribution >= 0.6 is 0 Å². The summed E-state index contributed by atoms with van der Waals surface area (Å²) in [4.78, 5) is 0. The van der Waals surface area contributed by atoms with Gasteiger partial charge < -0.3 is 0 Å². The van der Waals surface area contributed by atoms with Crippen molar-refractivity contribution >= 4 is 39.5 Å². The van der Waals surface area contributed by atoms with Crippen LogP contribution < -0.4 is 0 Å². The van der Waals surface area contributed by atoms with Gasteiger partial charge in [0.05, 0.1) is 0 Å². The van der Waals surface area contributed by atoms with Crippen LogP contribution in [0.25, 0.3) is 0 Å². The van der Waals surface area contributed by atoms with E-state index in [4.69, 9.17) is 0 Å². The van der Waals surface area contributed by atoms with Gasteiger partial charge in [-0.1, -0.05) is 0 Å². The maximum atomic E-state index is 2.33. The Labute approximate surface area is 259 Å². The summed E-state index contributed by atoms with van der Waals surface area (Å²) in [5, 5.41) is 0. The molecule has 0 heterocycles. The van der Waals surface area contributed by atoms with E-state index in [-0.39, 0.29) is 0 Å². The summed E-state index contributed by atoms with van der Waals surface area (Å²) in [6.07, 6.45) is 35.8. The third-order valence-corrected chi connectivity index (χ3v) is 26.5. The van der Waals surface area contributed by atoms with Crippen molar-refractivity contribution in [2.45, 2.75) is 222 Å². The van der Waals surface area contributed by atoms with Crippen molar-refractivity contribution in [2.24, 2.45) is 0 Å². The molecule has 0 aromatic heterocycles. The first kappa shape index (κ1) is 41.7. The molecule has 2 heteroatoms. The minimum atomic E-state index is -0.948. The standard InChI is InChI=1S/6C6H13.2Sn/c6*1-3-5-6-4-2;;/h6*1,3-6H2,2H3;;. The molecule has 0 aliphatic heterocycles. The van der Waals surface area contributed by atoms with Gasteiger partial charge in [-0.15, -0.1) is 0 Å². The van der Waals surface area contributed by atoms with Crippen LogP contribution in [-0.4, -0.2) is 39.5 Å². The van der Waals surface area contributed by atoms with Crippen LogP contribution in [0.2, 0.25) is 26.6 Å². The molecular weight excluding hydrogens is 670 g/mol. The van der Waals surface area contributed by atoms with Gasteiger partial charge in [0.25, 0.3) is 0 Å². The van der Waals surface area contributed by atoms with Crippen LogP contribution in [0, 0.1) is 0 Å². The summed E-state index contributed by atoms with van der Waals surface area (Å²) in [5.41, 5.74) is 0. The molecule has 0 atom stereocenters. The Morgan fingerprint density at radius 3 is 0.500 bits per heavy atom. The third-order valence-electron chi connectivity index (χ3n) is 8.30. The molecule has 0 aromatic carbocycles. The number of hydrogen-bond acceptors (Lipinski definition) is 0. The van der Waals surface area contributed by atoms with E-state index in [0.29, 0.717) is 0 Å². The fourth-order valence-electron chi connectivity index (χ4n) is 5.56. The summed E-state index contributed by atoms with van der Waals surface area (Å²) in [5.74, 6) is 0. The van der Waals surface area contributed by atoms with Gasteiger partial charge in [0.15, 0.2) is 0 Å². The van der Waals surface area contributed by atoms with Crippen molar-refractivity contribution < 1.29 is 0 Å². The second-order valence-electron chi connectivity index (χ2n) is 12.4. The normalized spacial score (nSPS) is 11.4. The summed E-state index contributed by atoms with van der Waals surface area (Å²) in [6, 6.07) is 0. The van der Waals surface area contributed by atoms with Gasteiger partial charge in [0.2, 0.25) is 0 Å². The van der Waals surface area contributed by atoms with E-state index in [0.717, 1.165) is 0 Å². The van der Waals surface area contributed by atoms with Crippen LogP contribution in [0.3, 0.4) is 0 Å². The molecule has 0 spiro atoms. The summed E-state index contributed by atoms with van der Waals surface area (Å²) in [6.45, 7) is 14.0. The molecule has 0 aliphatic carbocycles. The molecule has 0 aliphatic rings. The van der Waals surface area contributed by atoms with Crippen molar-refractivity contribution in [1.29, 1.82) is 0 Å². The molecule has 230 valence electrons. The van der Waals surface area contributed by atoms with Crippen LogP contribution in [0.15, 0.2) is 0 Å². The molecule has 2 radical (unpaired) electrons. The molecule has 38 heavy (non-hydrogen) atoms. The molecule has 0 nitrogen and oxygen atoms in total. The zero-order chi connectivity index (χ0) is 28.4. The molecule has 0 amide bonds. The molecule has 0 bridgehead atoms. The van der Waals surface area contributed by atoms with Crippen molar-refractivity contribution in [3.05, 3.63) is 0 Å². The zero-order valence-electron chi connectivity index (χ0n) is 28.2. The number of unbranched alkanes of at least 4 members (excludes halogenated alkanes) is 18. The predicted molar refractivity (Wildman–Crippen MR) is 185 cm³/mol. The second kappa shape index (κ2) is 38.6. The first-order valence-electron chi connectivity index (χ1n) is 18.4. The van der Waals surface area contributed by atoms with Crippen molar-refractivity contribution in [1.82, 2.24) is 0 Å².